The molecule has 0 saturated heterocycles. The average Bonchev–Trinajstić information content (AvgIpc) is 2.57. The first kappa shape index (κ1) is 16.5. The van der Waals surface area contributed by atoms with Crippen LogP contribution in [-0.2, 0) is 17.8 Å². The van der Waals surface area contributed by atoms with Crippen molar-refractivity contribution in [1.29, 1.82) is 0 Å². The van der Waals surface area contributed by atoms with Crippen LogP contribution in [0.3, 0.4) is 0 Å². The van der Waals surface area contributed by atoms with Crippen molar-refractivity contribution in [3.63, 3.8) is 0 Å². The van der Waals surface area contributed by atoms with E-state index in [0.29, 0.717) is 0 Å². The van der Waals surface area contributed by atoms with Crippen LogP contribution in [0.5, 0.6) is 5.75 Å². The molecule has 1 aliphatic rings. The van der Waals surface area contributed by atoms with Gasteiger partial charge in [0, 0.05) is 11.7 Å². The standard InChI is InChI=1S/C17H18ClN3O3/c1-11-7-8-12-5-3-4-6-13(12)21(11)16(23)10-20-15(22)9-14(24-2)17(18)19-20/h3-6,9,11H,7-8,10H2,1-2H3. The molecule has 6 nitrogen and oxygen atoms in total. The Hall–Kier alpha value is -2.34. The molecule has 1 aliphatic heterocycles. The van der Waals surface area contributed by atoms with Crippen molar-refractivity contribution in [3.05, 3.63) is 51.4 Å². The molecule has 7 heteroatoms. The van der Waals surface area contributed by atoms with Crippen molar-refractivity contribution in [2.45, 2.75) is 32.4 Å². The fourth-order valence-corrected chi connectivity index (χ4v) is 3.20. The predicted octanol–water partition coefficient (Wildman–Crippen LogP) is 2.27. The van der Waals surface area contributed by atoms with Crippen LogP contribution in [0.2, 0.25) is 5.15 Å². The molecule has 1 aromatic heterocycles. The summed E-state index contributed by atoms with van der Waals surface area (Å²) in [4.78, 5) is 26.6. The number of methoxy groups -OCH3 is 1. The second kappa shape index (κ2) is 6.65. The van der Waals surface area contributed by atoms with Gasteiger partial charge in [0.05, 0.1) is 13.2 Å². The van der Waals surface area contributed by atoms with Gasteiger partial charge in [-0.05, 0) is 31.4 Å². The van der Waals surface area contributed by atoms with Crippen molar-refractivity contribution in [1.82, 2.24) is 9.78 Å². The molecule has 126 valence electrons. The van der Waals surface area contributed by atoms with Crippen LogP contribution >= 0.6 is 11.6 Å². The summed E-state index contributed by atoms with van der Waals surface area (Å²) in [6, 6.07) is 9.13. The van der Waals surface area contributed by atoms with Crippen LogP contribution in [0, 0.1) is 0 Å². The van der Waals surface area contributed by atoms with Gasteiger partial charge in [0.2, 0.25) is 5.91 Å². The number of hydrogen-bond donors (Lipinski definition) is 0. The number of aryl methyl sites for hydroxylation is 1. The molecule has 0 radical (unpaired) electrons. The van der Waals surface area contributed by atoms with E-state index in [2.05, 4.69) is 5.10 Å². The summed E-state index contributed by atoms with van der Waals surface area (Å²) in [6.45, 7) is 1.84. The third-order valence-corrected chi connectivity index (χ3v) is 4.48. The number of anilines is 1. The van der Waals surface area contributed by atoms with Crippen LogP contribution in [0.25, 0.3) is 0 Å². The van der Waals surface area contributed by atoms with Crippen molar-refractivity contribution in [3.8, 4) is 5.75 Å². The average molecular weight is 348 g/mol. The predicted molar refractivity (Wildman–Crippen MR) is 91.8 cm³/mol. The van der Waals surface area contributed by atoms with E-state index in [4.69, 9.17) is 16.3 Å². The van der Waals surface area contributed by atoms with E-state index in [1.165, 1.54) is 13.2 Å². The molecule has 0 bridgehead atoms. The largest absolute Gasteiger partial charge is 0.493 e. The highest BCUT2D eigenvalue weighted by atomic mass is 35.5. The Morgan fingerprint density at radius 2 is 2.17 bits per heavy atom. The summed E-state index contributed by atoms with van der Waals surface area (Å²) < 4.78 is 6.03. The Bertz CT molecular complexity index is 834. The highest BCUT2D eigenvalue weighted by Gasteiger charge is 2.28. The summed E-state index contributed by atoms with van der Waals surface area (Å²) in [5.41, 5.74) is 1.61. The number of rotatable bonds is 3. The fourth-order valence-electron chi connectivity index (χ4n) is 2.98. The summed E-state index contributed by atoms with van der Waals surface area (Å²) >= 11 is 5.96. The monoisotopic (exact) mass is 347 g/mol. The van der Waals surface area contributed by atoms with Crippen molar-refractivity contribution >= 4 is 23.2 Å². The van der Waals surface area contributed by atoms with Gasteiger partial charge in [-0.3, -0.25) is 9.59 Å². The SMILES string of the molecule is COc1cc(=O)n(CC(=O)N2c3ccccc3CCC2C)nc1Cl. The number of halogens is 1. The number of para-hydroxylation sites is 1. The number of fused-ring (bicyclic) bond motifs is 1. The maximum atomic E-state index is 12.8. The number of ether oxygens (including phenoxy) is 1. The lowest BCUT2D eigenvalue weighted by molar-refractivity contribution is -0.120. The highest BCUT2D eigenvalue weighted by molar-refractivity contribution is 6.30. The van der Waals surface area contributed by atoms with Gasteiger partial charge in [0.1, 0.15) is 6.54 Å². The summed E-state index contributed by atoms with van der Waals surface area (Å²) in [6.07, 6.45) is 1.82. The molecule has 2 aromatic rings. The molecule has 0 spiro atoms. The minimum Gasteiger partial charge on any atom is -0.493 e. The van der Waals surface area contributed by atoms with Gasteiger partial charge in [0.15, 0.2) is 10.9 Å². The van der Waals surface area contributed by atoms with Gasteiger partial charge >= 0.3 is 0 Å². The first-order chi connectivity index (χ1) is 11.5. The van der Waals surface area contributed by atoms with E-state index in [-0.39, 0.29) is 29.4 Å². The summed E-state index contributed by atoms with van der Waals surface area (Å²) in [5.74, 6) is 0.00698. The second-order valence-electron chi connectivity index (χ2n) is 5.78. The molecule has 0 saturated carbocycles. The van der Waals surface area contributed by atoms with E-state index in [1.807, 2.05) is 31.2 Å². The molecule has 2 heterocycles. The van der Waals surface area contributed by atoms with Gasteiger partial charge in [-0.15, -0.1) is 0 Å². The topological polar surface area (TPSA) is 64.4 Å². The lowest BCUT2D eigenvalue weighted by Crippen LogP contribution is -2.45. The van der Waals surface area contributed by atoms with E-state index in [1.54, 1.807) is 4.90 Å². The normalized spacial score (nSPS) is 16.6. The third-order valence-electron chi connectivity index (χ3n) is 4.22. The molecular weight excluding hydrogens is 330 g/mol. The quantitative estimate of drug-likeness (QED) is 0.854. The second-order valence-corrected chi connectivity index (χ2v) is 6.14. The first-order valence-electron chi connectivity index (χ1n) is 7.73. The van der Waals surface area contributed by atoms with E-state index >= 15 is 0 Å². The number of carbonyl (C=O) groups excluding carboxylic acids is 1. The van der Waals surface area contributed by atoms with Gasteiger partial charge in [-0.25, -0.2) is 4.68 Å². The number of carbonyl (C=O) groups is 1. The van der Waals surface area contributed by atoms with Crippen LogP contribution in [-0.4, -0.2) is 28.8 Å². The molecule has 1 aromatic carbocycles. The zero-order valence-electron chi connectivity index (χ0n) is 13.5. The van der Waals surface area contributed by atoms with Crippen molar-refractivity contribution < 1.29 is 9.53 Å². The Morgan fingerprint density at radius 1 is 1.42 bits per heavy atom. The Kier molecular flexibility index (Phi) is 4.57. The molecular formula is C17H18ClN3O3. The molecule has 1 amide bonds. The minimum atomic E-state index is -0.428. The molecule has 3 rings (SSSR count). The Morgan fingerprint density at radius 3 is 2.92 bits per heavy atom. The zero-order chi connectivity index (χ0) is 17.3. The number of hydrogen-bond acceptors (Lipinski definition) is 4. The molecule has 24 heavy (non-hydrogen) atoms. The van der Waals surface area contributed by atoms with Gasteiger partial charge in [0.25, 0.3) is 5.56 Å². The van der Waals surface area contributed by atoms with E-state index in [0.717, 1.165) is 28.8 Å². The maximum Gasteiger partial charge on any atom is 0.271 e. The van der Waals surface area contributed by atoms with Crippen LogP contribution in [0.15, 0.2) is 35.1 Å². The maximum absolute atomic E-state index is 12.8. The highest BCUT2D eigenvalue weighted by Crippen LogP contribution is 2.30. The number of benzene rings is 1. The summed E-state index contributed by atoms with van der Waals surface area (Å²) in [7, 11) is 1.41. The zero-order valence-corrected chi connectivity index (χ0v) is 14.3. The number of nitrogens with zero attached hydrogens (tertiary/aromatic N) is 3. The van der Waals surface area contributed by atoms with E-state index < -0.39 is 5.56 Å². The molecule has 1 unspecified atom stereocenters. The Balaban J connectivity index is 1.91. The van der Waals surface area contributed by atoms with Gasteiger partial charge in [-0.2, -0.15) is 5.10 Å². The molecule has 0 aliphatic carbocycles. The minimum absolute atomic E-state index is 0.0528. The first-order valence-corrected chi connectivity index (χ1v) is 8.10. The summed E-state index contributed by atoms with van der Waals surface area (Å²) in [5, 5.41) is 4.01. The Labute approximate surface area is 144 Å². The van der Waals surface area contributed by atoms with E-state index in [9.17, 15) is 9.59 Å². The van der Waals surface area contributed by atoms with Crippen molar-refractivity contribution in [2.75, 3.05) is 12.0 Å². The third kappa shape index (κ3) is 3.01. The molecule has 1 atom stereocenters. The number of aromatic nitrogens is 2. The van der Waals surface area contributed by atoms with Crippen LogP contribution in [0.1, 0.15) is 18.9 Å². The van der Waals surface area contributed by atoms with Crippen LogP contribution < -0.4 is 15.2 Å². The lowest BCUT2D eigenvalue weighted by atomic mass is 9.96. The van der Waals surface area contributed by atoms with Gasteiger partial charge in [-0.1, -0.05) is 29.8 Å². The molecule has 0 fully saturated rings. The smallest absolute Gasteiger partial charge is 0.271 e. The lowest BCUT2D eigenvalue weighted by Gasteiger charge is -2.35. The molecule has 0 N–H and O–H groups in total. The fraction of sp³-hybridized carbons (Fsp3) is 0.353. The van der Waals surface area contributed by atoms with Crippen LogP contribution in [0.4, 0.5) is 5.69 Å². The number of amides is 1. The van der Waals surface area contributed by atoms with Gasteiger partial charge < -0.3 is 9.64 Å². The van der Waals surface area contributed by atoms with Crippen molar-refractivity contribution in [2.24, 2.45) is 0 Å².